The van der Waals surface area contributed by atoms with Crippen LogP contribution in [0.25, 0.3) is 0 Å². The first-order chi connectivity index (χ1) is 12.0. The Morgan fingerprint density at radius 1 is 0.840 bits per heavy atom. The summed E-state index contributed by atoms with van der Waals surface area (Å²) in [6.45, 7) is 0. The average molecular weight is 376 g/mol. The van der Waals surface area contributed by atoms with Gasteiger partial charge in [-0.25, -0.2) is 8.42 Å². The topological polar surface area (TPSA) is 51.2 Å². The quantitative estimate of drug-likeness (QED) is 0.686. The van der Waals surface area contributed by atoms with E-state index in [-0.39, 0.29) is 17.2 Å². The van der Waals surface area contributed by atoms with Gasteiger partial charge in [0.05, 0.1) is 18.6 Å². The van der Waals surface area contributed by atoms with E-state index in [2.05, 4.69) is 0 Å². The summed E-state index contributed by atoms with van der Waals surface area (Å²) in [6.07, 6.45) is 3.27. The van der Waals surface area contributed by atoms with Crippen molar-refractivity contribution in [1.82, 2.24) is 0 Å². The first kappa shape index (κ1) is 18.4. The molecule has 0 unspecified atom stereocenters. The van der Waals surface area contributed by atoms with E-state index < -0.39 is 17.0 Å². The van der Waals surface area contributed by atoms with Crippen LogP contribution < -0.4 is 0 Å². The zero-order valence-electron chi connectivity index (χ0n) is 14.4. The largest absolute Gasteiger partial charge is 0.323 e. The average Bonchev–Trinajstić information content (AvgIpc) is 3.01. The monoisotopic (exact) mass is 376 g/mol. The maximum Gasteiger partial charge on any atom is 0.151 e. The first-order valence-electron chi connectivity index (χ1n) is 8.83. The van der Waals surface area contributed by atoms with Crippen LogP contribution in [0.2, 0.25) is 0 Å². The summed E-state index contributed by atoms with van der Waals surface area (Å²) in [6, 6.07) is 20.1. The molecular weight excluding hydrogens is 351 g/mol. The standard InChI is InChI=1S/C20H25O3PS/c21-24(20-13-16-25(22,23)17-20,14-11-18-7-3-1-4-8-18)15-12-19-9-5-2-6-10-19/h1-10,20H,11-17H2/t20-/m0/s1. The molecule has 0 spiro atoms. The van der Waals surface area contributed by atoms with Gasteiger partial charge in [-0.05, 0) is 30.4 Å². The van der Waals surface area contributed by atoms with Crippen molar-refractivity contribution < 1.29 is 13.0 Å². The fraction of sp³-hybridized carbons (Fsp3) is 0.400. The predicted molar refractivity (Wildman–Crippen MR) is 105 cm³/mol. The van der Waals surface area contributed by atoms with Gasteiger partial charge in [0.1, 0.15) is 0 Å². The molecule has 0 amide bonds. The fourth-order valence-electron chi connectivity index (χ4n) is 3.55. The number of aryl methyl sites for hydroxylation is 2. The Hall–Kier alpha value is -1.38. The highest BCUT2D eigenvalue weighted by molar-refractivity contribution is 7.92. The maximum atomic E-state index is 13.8. The summed E-state index contributed by atoms with van der Waals surface area (Å²) >= 11 is 0. The lowest BCUT2D eigenvalue weighted by Gasteiger charge is -2.24. The van der Waals surface area contributed by atoms with E-state index >= 15 is 0 Å². The molecule has 3 rings (SSSR count). The number of benzene rings is 2. The predicted octanol–water partition coefficient (Wildman–Crippen LogP) is 4.02. The molecule has 3 nitrogen and oxygen atoms in total. The van der Waals surface area contributed by atoms with Crippen molar-refractivity contribution in [1.29, 1.82) is 0 Å². The second-order valence-electron chi connectivity index (χ2n) is 6.93. The normalized spacial score (nSPS) is 19.8. The van der Waals surface area contributed by atoms with Crippen LogP contribution in [0, 0.1) is 0 Å². The lowest BCUT2D eigenvalue weighted by molar-refractivity contribution is 0.564. The van der Waals surface area contributed by atoms with Crippen molar-refractivity contribution in [2.75, 3.05) is 23.8 Å². The molecule has 25 heavy (non-hydrogen) atoms. The highest BCUT2D eigenvalue weighted by Crippen LogP contribution is 2.55. The van der Waals surface area contributed by atoms with Gasteiger partial charge >= 0.3 is 0 Å². The second kappa shape index (κ2) is 7.88. The van der Waals surface area contributed by atoms with Crippen molar-refractivity contribution in [2.45, 2.75) is 24.9 Å². The van der Waals surface area contributed by atoms with E-state index in [1.165, 1.54) is 11.1 Å². The third kappa shape index (κ3) is 5.05. The molecule has 0 aromatic heterocycles. The van der Waals surface area contributed by atoms with Crippen molar-refractivity contribution in [3.63, 3.8) is 0 Å². The van der Waals surface area contributed by atoms with Crippen molar-refractivity contribution in [2.24, 2.45) is 0 Å². The van der Waals surface area contributed by atoms with Crippen LogP contribution in [0.15, 0.2) is 60.7 Å². The van der Waals surface area contributed by atoms with Crippen molar-refractivity contribution in [3.8, 4) is 0 Å². The van der Waals surface area contributed by atoms with Gasteiger partial charge in [0, 0.05) is 18.0 Å². The van der Waals surface area contributed by atoms with Crippen molar-refractivity contribution >= 4 is 17.0 Å². The highest BCUT2D eigenvalue weighted by Gasteiger charge is 2.40. The van der Waals surface area contributed by atoms with Gasteiger partial charge in [0.25, 0.3) is 0 Å². The maximum absolute atomic E-state index is 13.8. The van der Waals surface area contributed by atoms with Crippen LogP contribution in [0.3, 0.4) is 0 Å². The summed E-state index contributed by atoms with van der Waals surface area (Å²) in [5, 5.41) is 0. The Kier molecular flexibility index (Phi) is 5.81. The molecule has 1 aliphatic heterocycles. The van der Waals surface area contributed by atoms with Crippen LogP contribution >= 0.6 is 7.14 Å². The molecular formula is C20H25O3PS. The summed E-state index contributed by atoms with van der Waals surface area (Å²) in [5.74, 6) is 0.298. The third-order valence-electron chi connectivity index (χ3n) is 5.12. The van der Waals surface area contributed by atoms with Crippen LogP contribution in [-0.4, -0.2) is 37.9 Å². The summed E-state index contributed by atoms with van der Waals surface area (Å²) in [5.41, 5.74) is 2.18. The summed E-state index contributed by atoms with van der Waals surface area (Å²) in [4.78, 5) is 0. The van der Waals surface area contributed by atoms with E-state index in [0.717, 1.165) is 12.8 Å². The molecule has 0 radical (unpaired) electrons. The zero-order chi connectivity index (χ0) is 17.8. The molecule has 1 atom stereocenters. The highest BCUT2D eigenvalue weighted by atomic mass is 32.2. The molecule has 0 aliphatic carbocycles. The third-order valence-corrected chi connectivity index (χ3v) is 10.9. The van der Waals surface area contributed by atoms with Crippen molar-refractivity contribution in [3.05, 3.63) is 71.8 Å². The lowest BCUT2D eigenvalue weighted by Crippen LogP contribution is -2.17. The van der Waals surface area contributed by atoms with E-state index in [1.807, 2.05) is 60.7 Å². The molecule has 1 saturated heterocycles. The van der Waals surface area contributed by atoms with Crippen LogP contribution in [-0.2, 0) is 27.2 Å². The van der Waals surface area contributed by atoms with Crippen LogP contribution in [0.1, 0.15) is 17.5 Å². The second-order valence-corrected chi connectivity index (χ2v) is 12.7. The van der Waals surface area contributed by atoms with Gasteiger partial charge in [-0.3, -0.25) is 0 Å². The van der Waals surface area contributed by atoms with Gasteiger partial charge in [-0.2, -0.15) is 0 Å². The Morgan fingerprint density at radius 3 is 1.72 bits per heavy atom. The zero-order valence-corrected chi connectivity index (χ0v) is 16.1. The minimum atomic E-state index is -3.02. The smallest absolute Gasteiger partial charge is 0.151 e. The molecule has 5 heteroatoms. The molecule has 2 aromatic rings. The number of hydrogen-bond acceptors (Lipinski definition) is 3. The van der Waals surface area contributed by atoms with Crippen LogP contribution in [0.5, 0.6) is 0 Å². The van der Waals surface area contributed by atoms with Gasteiger partial charge in [0.2, 0.25) is 0 Å². The summed E-state index contributed by atoms with van der Waals surface area (Å²) < 4.78 is 37.6. The molecule has 1 aliphatic rings. The molecule has 1 heterocycles. The molecule has 0 bridgehead atoms. The molecule has 134 valence electrons. The Labute approximate surface area is 150 Å². The Morgan fingerprint density at radius 2 is 1.32 bits per heavy atom. The molecule has 2 aromatic carbocycles. The lowest BCUT2D eigenvalue weighted by atomic mass is 10.2. The van der Waals surface area contributed by atoms with E-state index in [9.17, 15) is 13.0 Å². The fourth-order valence-corrected chi connectivity index (χ4v) is 9.88. The van der Waals surface area contributed by atoms with Crippen LogP contribution in [0.4, 0.5) is 0 Å². The van der Waals surface area contributed by atoms with E-state index in [4.69, 9.17) is 0 Å². The van der Waals surface area contributed by atoms with Gasteiger partial charge in [0.15, 0.2) is 9.84 Å². The van der Waals surface area contributed by atoms with E-state index in [1.54, 1.807) is 0 Å². The molecule has 1 fully saturated rings. The molecule has 0 N–H and O–H groups in total. The SMILES string of the molecule is O=P(CCc1ccccc1)(CCc1ccccc1)[C@H]1CCS(=O)(=O)C1. The van der Waals surface area contributed by atoms with Gasteiger partial charge in [-0.1, -0.05) is 60.7 Å². The Balaban J connectivity index is 1.74. The Bertz CT molecular complexity index is 784. The van der Waals surface area contributed by atoms with E-state index in [0.29, 0.717) is 18.7 Å². The van der Waals surface area contributed by atoms with Gasteiger partial charge < -0.3 is 4.57 Å². The number of sulfone groups is 1. The minimum absolute atomic E-state index is 0.105. The van der Waals surface area contributed by atoms with Gasteiger partial charge in [-0.15, -0.1) is 0 Å². The first-order valence-corrected chi connectivity index (χ1v) is 12.8. The number of hydrogen-bond donors (Lipinski definition) is 0. The molecule has 0 saturated carbocycles. The summed E-state index contributed by atoms with van der Waals surface area (Å²) in [7, 11) is -5.57. The minimum Gasteiger partial charge on any atom is -0.323 e. The number of rotatable bonds is 7.